The third-order valence-corrected chi connectivity index (χ3v) is 2.65. The number of thiocarbonyl (C=S) groups is 1. The van der Waals surface area contributed by atoms with Gasteiger partial charge < -0.3 is 5.32 Å². The maximum absolute atomic E-state index is 5.13. The number of hydrogen-bond acceptors (Lipinski definition) is 2. The highest BCUT2D eigenvalue weighted by atomic mass is 32.1. The molecule has 0 saturated carbocycles. The van der Waals surface area contributed by atoms with Gasteiger partial charge in [-0.15, -0.1) is 0 Å². The van der Waals surface area contributed by atoms with E-state index in [1.807, 2.05) is 48.5 Å². The maximum Gasteiger partial charge on any atom is 0.191 e. The molecule has 2 aromatic rings. The maximum atomic E-state index is 5.13. The highest BCUT2D eigenvalue weighted by Crippen LogP contribution is 2.04. The van der Waals surface area contributed by atoms with Crippen LogP contribution in [0.4, 0.5) is 5.69 Å². The predicted molar refractivity (Wildman–Crippen MR) is 84.4 cm³/mol. The van der Waals surface area contributed by atoms with E-state index < -0.39 is 0 Å². The van der Waals surface area contributed by atoms with Gasteiger partial charge in [0, 0.05) is 18.3 Å². The molecule has 2 N–H and O–H groups in total. The molecule has 0 bridgehead atoms. The number of hydrogen-bond donors (Lipinski definition) is 2. The fourth-order valence-corrected chi connectivity index (χ4v) is 1.72. The molecule has 0 fully saturated rings. The number of nitrogens with one attached hydrogen (secondary N) is 2. The van der Waals surface area contributed by atoms with Crippen molar-refractivity contribution in [2.45, 2.75) is 6.42 Å². The topological polar surface area (TPSA) is 36.4 Å². The van der Waals surface area contributed by atoms with Crippen molar-refractivity contribution in [3.63, 3.8) is 0 Å². The van der Waals surface area contributed by atoms with Gasteiger partial charge in [0.2, 0.25) is 0 Å². The van der Waals surface area contributed by atoms with Gasteiger partial charge in [0.1, 0.15) is 0 Å². The molecule has 0 saturated heterocycles. The SMILES string of the molecule is S=C(NN=CCc1ccccc1)Nc1ccccc1. The minimum Gasteiger partial charge on any atom is -0.331 e. The number of rotatable bonds is 4. The average molecular weight is 269 g/mol. The van der Waals surface area contributed by atoms with Crippen molar-refractivity contribution >= 4 is 29.2 Å². The molecule has 0 aliphatic rings. The Kier molecular flexibility index (Phi) is 5.07. The fraction of sp³-hybridized carbons (Fsp3) is 0.0667. The van der Waals surface area contributed by atoms with Crippen molar-refractivity contribution in [3.05, 3.63) is 66.2 Å². The second kappa shape index (κ2) is 7.28. The van der Waals surface area contributed by atoms with Gasteiger partial charge in [0.05, 0.1) is 0 Å². The van der Waals surface area contributed by atoms with Gasteiger partial charge in [-0.05, 0) is 29.9 Å². The smallest absolute Gasteiger partial charge is 0.191 e. The van der Waals surface area contributed by atoms with Crippen LogP contribution in [0.3, 0.4) is 0 Å². The van der Waals surface area contributed by atoms with E-state index in [0.717, 1.165) is 12.1 Å². The molecular formula is C15H15N3S. The zero-order chi connectivity index (χ0) is 13.3. The van der Waals surface area contributed by atoms with Gasteiger partial charge in [0.25, 0.3) is 0 Å². The van der Waals surface area contributed by atoms with E-state index in [1.165, 1.54) is 5.56 Å². The molecule has 19 heavy (non-hydrogen) atoms. The Morgan fingerprint density at radius 3 is 2.32 bits per heavy atom. The van der Waals surface area contributed by atoms with Crippen LogP contribution in [0.15, 0.2) is 65.8 Å². The quantitative estimate of drug-likeness (QED) is 0.508. The van der Waals surface area contributed by atoms with Crippen LogP contribution in [-0.4, -0.2) is 11.3 Å². The van der Waals surface area contributed by atoms with Crippen LogP contribution in [0.5, 0.6) is 0 Å². The summed E-state index contributed by atoms with van der Waals surface area (Å²) < 4.78 is 0. The van der Waals surface area contributed by atoms with E-state index in [2.05, 4.69) is 28.0 Å². The molecule has 2 aromatic carbocycles. The summed E-state index contributed by atoms with van der Waals surface area (Å²) in [4.78, 5) is 0. The van der Waals surface area contributed by atoms with Gasteiger partial charge in [-0.1, -0.05) is 48.5 Å². The summed E-state index contributed by atoms with van der Waals surface area (Å²) in [7, 11) is 0. The molecule has 3 nitrogen and oxygen atoms in total. The van der Waals surface area contributed by atoms with Crippen LogP contribution < -0.4 is 10.7 Å². The number of para-hydroxylation sites is 1. The van der Waals surface area contributed by atoms with Crippen molar-refractivity contribution in [2.24, 2.45) is 5.10 Å². The van der Waals surface area contributed by atoms with Gasteiger partial charge >= 0.3 is 0 Å². The molecule has 0 atom stereocenters. The first-order chi connectivity index (χ1) is 9.34. The Balaban J connectivity index is 1.75. The Labute approximate surface area is 118 Å². The van der Waals surface area contributed by atoms with E-state index in [9.17, 15) is 0 Å². The third-order valence-electron chi connectivity index (χ3n) is 2.46. The lowest BCUT2D eigenvalue weighted by Gasteiger charge is -2.06. The summed E-state index contributed by atoms with van der Waals surface area (Å²) in [5.74, 6) is 0. The Morgan fingerprint density at radius 1 is 1.00 bits per heavy atom. The van der Waals surface area contributed by atoms with Gasteiger partial charge in [-0.25, -0.2) is 0 Å². The molecule has 96 valence electrons. The van der Waals surface area contributed by atoms with E-state index in [1.54, 1.807) is 6.21 Å². The van der Waals surface area contributed by atoms with Gasteiger partial charge in [-0.3, -0.25) is 5.43 Å². The lowest BCUT2D eigenvalue weighted by atomic mass is 10.2. The van der Waals surface area contributed by atoms with E-state index in [4.69, 9.17) is 12.2 Å². The van der Waals surface area contributed by atoms with Crippen LogP contribution in [0.2, 0.25) is 0 Å². The summed E-state index contributed by atoms with van der Waals surface area (Å²) in [6.07, 6.45) is 2.58. The lowest BCUT2D eigenvalue weighted by molar-refractivity contribution is 1.04. The van der Waals surface area contributed by atoms with E-state index >= 15 is 0 Å². The Bertz CT molecular complexity index is 538. The molecule has 0 radical (unpaired) electrons. The zero-order valence-electron chi connectivity index (χ0n) is 10.4. The van der Waals surface area contributed by atoms with E-state index in [0.29, 0.717) is 5.11 Å². The summed E-state index contributed by atoms with van der Waals surface area (Å²) in [5, 5.41) is 7.61. The van der Waals surface area contributed by atoms with Crippen LogP contribution in [0.25, 0.3) is 0 Å². The summed E-state index contributed by atoms with van der Waals surface area (Å²) in [5.41, 5.74) is 4.95. The molecule has 0 spiro atoms. The zero-order valence-corrected chi connectivity index (χ0v) is 11.2. The van der Waals surface area contributed by atoms with Crippen molar-refractivity contribution in [2.75, 3.05) is 5.32 Å². The van der Waals surface area contributed by atoms with Crippen molar-refractivity contribution in [1.29, 1.82) is 0 Å². The molecule has 2 rings (SSSR count). The van der Waals surface area contributed by atoms with Crippen molar-refractivity contribution in [1.82, 2.24) is 5.43 Å². The minimum absolute atomic E-state index is 0.482. The highest BCUT2D eigenvalue weighted by Gasteiger charge is 1.93. The monoisotopic (exact) mass is 269 g/mol. The van der Waals surface area contributed by atoms with Crippen molar-refractivity contribution in [3.8, 4) is 0 Å². The first-order valence-corrected chi connectivity index (χ1v) is 6.43. The highest BCUT2D eigenvalue weighted by molar-refractivity contribution is 7.80. The number of benzene rings is 2. The van der Waals surface area contributed by atoms with Crippen LogP contribution in [0, 0.1) is 0 Å². The second-order valence-corrected chi connectivity index (χ2v) is 4.34. The lowest BCUT2D eigenvalue weighted by Crippen LogP contribution is -2.23. The first kappa shape index (κ1) is 13.2. The normalized spacial score (nSPS) is 10.3. The van der Waals surface area contributed by atoms with Crippen molar-refractivity contribution < 1.29 is 0 Å². The number of hydrazone groups is 1. The molecule has 0 aromatic heterocycles. The van der Waals surface area contributed by atoms with Crippen LogP contribution in [-0.2, 0) is 6.42 Å². The molecule has 0 aliphatic heterocycles. The first-order valence-electron chi connectivity index (χ1n) is 6.02. The summed E-state index contributed by atoms with van der Waals surface area (Å²) >= 11 is 5.13. The molecule has 0 aliphatic carbocycles. The van der Waals surface area contributed by atoms with Crippen LogP contribution >= 0.6 is 12.2 Å². The number of nitrogens with zero attached hydrogens (tertiary/aromatic N) is 1. The Hall–Kier alpha value is -2.20. The summed E-state index contributed by atoms with van der Waals surface area (Å²) in [6.45, 7) is 0. The fourth-order valence-electron chi connectivity index (χ4n) is 1.55. The minimum atomic E-state index is 0.482. The molecule has 0 amide bonds. The van der Waals surface area contributed by atoms with Crippen LogP contribution in [0.1, 0.15) is 5.56 Å². The Morgan fingerprint density at radius 2 is 1.63 bits per heavy atom. The molecule has 0 unspecified atom stereocenters. The van der Waals surface area contributed by atoms with E-state index in [-0.39, 0.29) is 0 Å². The largest absolute Gasteiger partial charge is 0.331 e. The number of anilines is 1. The van der Waals surface area contributed by atoms with Gasteiger partial charge in [-0.2, -0.15) is 5.10 Å². The molecule has 4 heteroatoms. The average Bonchev–Trinajstić information content (AvgIpc) is 2.46. The predicted octanol–water partition coefficient (Wildman–Crippen LogP) is 3.20. The summed E-state index contributed by atoms with van der Waals surface area (Å²) in [6, 6.07) is 19.9. The third kappa shape index (κ3) is 4.89. The molecule has 0 heterocycles. The second-order valence-electron chi connectivity index (χ2n) is 3.93. The molecular weight excluding hydrogens is 254 g/mol. The van der Waals surface area contributed by atoms with Gasteiger partial charge in [0.15, 0.2) is 5.11 Å². The standard InChI is InChI=1S/C15H15N3S/c19-15(17-14-9-5-2-6-10-14)18-16-12-11-13-7-3-1-4-8-13/h1-10,12H,11H2,(H2,17,18,19).